The zero-order chi connectivity index (χ0) is 31.1. The fourth-order valence-electron chi connectivity index (χ4n) is 10.2. The molecule has 0 bridgehead atoms. The van der Waals surface area contributed by atoms with E-state index in [9.17, 15) is 35.1 Å². The number of hydrogen-bond donors (Lipinski definition) is 5. The first-order chi connectivity index (χ1) is 20.2. The number of aliphatic hydroxyl groups excluding tert-OH is 4. The van der Waals surface area contributed by atoms with Gasteiger partial charge in [0, 0.05) is 30.7 Å². The maximum Gasteiger partial charge on any atom is 0.335 e. The Labute approximate surface area is 251 Å². The molecular weight excluding hydrogens is 560 g/mol. The molecule has 2 heterocycles. The van der Waals surface area contributed by atoms with Crippen LogP contribution < -0.4 is 5.63 Å². The van der Waals surface area contributed by atoms with Gasteiger partial charge in [-0.05, 0) is 80.2 Å². The summed E-state index contributed by atoms with van der Waals surface area (Å²) in [6, 6.07) is 2.99. The normalized spacial score (nSPS) is 51.2. The third kappa shape index (κ3) is 4.81. The van der Waals surface area contributed by atoms with Crippen LogP contribution in [0.4, 0.5) is 0 Å². The second-order valence-corrected chi connectivity index (χ2v) is 14.5. The van der Waals surface area contributed by atoms with Crippen LogP contribution in [0.2, 0.25) is 0 Å². The number of ether oxygens (including phenoxy) is 3. The predicted octanol–water partition coefficient (Wildman–Crippen LogP) is 1.61. The van der Waals surface area contributed by atoms with Crippen LogP contribution in [0.3, 0.4) is 0 Å². The van der Waals surface area contributed by atoms with Crippen molar-refractivity contribution in [2.75, 3.05) is 0 Å². The molecule has 43 heavy (non-hydrogen) atoms. The molecule has 1 aliphatic heterocycles. The molecule has 11 nitrogen and oxygen atoms in total. The van der Waals surface area contributed by atoms with Gasteiger partial charge in [-0.1, -0.05) is 13.8 Å². The molecular formula is C32H46O11. The Kier molecular flexibility index (Phi) is 7.89. The van der Waals surface area contributed by atoms with Crippen molar-refractivity contribution in [3.8, 4) is 0 Å². The second-order valence-electron chi connectivity index (χ2n) is 14.5. The van der Waals surface area contributed by atoms with E-state index in [1.165, 1.54) is 19.3 Å². The van der Waals surface area contributed by atoms with Crippen LogP contribution in [0.25, 0.3) is 0 Å². The van der Waals surface area contributed by atoms with Crippen molar-refractivity contribution in [1.82, 2.24) is 0 Å². The molecule has 240 valence electrons. The lowest BCUT2D eigenvalue weighted by molar-refractivity contribution is -0.311. The summed E-state index contributed by atoms with van der Waals surface area (Å²) in [4.78, 5) is 23.9. The van der Waals surface area contributed by atoms with Crippen LogP contribution in [-0.2, 0) is 19.0 Å². The van der Waals surface area contributed by atoms with E-state index < -0.39 is 71.4 Å². The Bertz CT molecular complexity index is 1250. The maximum atomic E-state index is 12.7. The molecule has 0 radical (unpaired) electrons. The highest BCUT2D eigenvalue weighted by Crippen LogP contribution is 2.71. The summed E-state index contributed by atoms with van der Waals surface area (Å²) < 4.78 is 22.9. The van der Waals surface area contributed by atoms with E-state index in [1.807, 2.05) is 6.92 Å². The minimum atomic E-state index is -1.36. The zero-order valence-corrected chi connectivity index (χ0v) is 25.3. The maximum absolute atomic E-state index is 12.7. The second kappa shape index (κ2) is 10.9. The predicted molar refractivity (Wildman–Crippen MR) is 150 cm³/mol. The summed E-state index contributed by atoms with van der Waals surface area (Å²) in [5.41, 5.74) is -2.19. The quantitative estimate of drug-likeness (QED) is 0.249. The number of aliphatic hydroxyl groups is 5. The van der Waals surface area contributed by atoms with Crippen molar-refractivity contribution < 1.29 is 49.0 Å². The molecule has 4 aliphatic carbocycles. The first-order valence-electron chi connectivity index (χ1n) is 15.7. The Morgan fingerprint density at radius 3 is 2.44 bits per heavy atom. The van der Waals surface area contributed by atoms with Crippen LogP contribution in [0.1, 0.15) is 84.1 Å². The first kappa shape index (κ1) is 31.1. The Balaban J connectivity index is 1.25. The molecule has 1 aromatic heterocycles. The molecule has 0 aromatic carbocycles. The SMILES string of the molecule is CC(=O)O[C@H]1C[C@]2(O)[C@@H]3CC[C@@H]4C[C@@H](O[C@@H]5O[C@@H](C)[C@H](O)[C@@H](O)[C@H]5O)CC[C@]4(C)[C@H]3[C@H](O)C[C@]2(C)[C@H]1c1ccc(=O)oc1. The summed E-state index contributed by atoms with van der Waals surface area (Å²) in [6.07, 6.45) is -1.76. The van der Waals surface area contributed by atoms with Crippen LogP contribution in [0.15, 0.2) is 27.6 Å². The number of esters is 1. The first-order valence-corrected chi connectivity index (χ1v) is 15.7. The summed E-state index contributed by atoms with van der Waals surface area (Å²) in [6.45, 7) is 7.15. The molecule has 5 N–H and O–H groups in total. The van der Waals surface area contributed by atoms with Crippen molar-refractivity contribution in [1.29, 1.82) is 0 Å². The van der Waals surface area contributed by atoms with Crippen molar-refractivity contribution in [3.63, 3.8) is 0 Å². The number of rotatable bonds is 4. The summed E-state index contributed by atoms with van der Waals surface area (Å²) >= 11 is 0. The molecule has 4 saturated carbocycles. The third-order valence-electron chi connectivity index (χ3n) is 12.3. The number of carbonyl (C=O) groups excluding carboxylic acids is 1. The van der Waals surface area contributed by atoms with Crippen molar-refractivity contribution in [3.05, 3.63) is 34.4 Å². The standard InChI is InChI=1S/C32H46O11/c1-15-26(36)27(37)28(38)29(41-15)43-19-9-10-30(3)18(11-19)6-7-20-25(30)21(34)12-31(4)24(17-5-8-23(35)40-14-17)22(42-16(2)33)13-32(20,31)39/h5,8,14-15,18-22,24-29,34,36-39H,6-7,9-13H2,1-4H3/t15-,18+,19-,20+,21+,22-,24-,25+,26-,27+,28+,29-,30-,31+,32-/m0/s1. The van der Waals surface area contributed by atoms with Crippen molar-refractivity contribution in [2.45, 2.75) is 133 Å². The van der Waals surface area contributed by atoms with E-state index in [2.05, 4.69) is 6.92 Å². The molecule has 0 spiro atoms. The highest BCUT2D eigenvalue weighted by molar-refractivity contribution is 5.66. The van der Waals surface area contributed by atoms with E-state index >= 15 is 0 Å². The van der Waals surface area contributed by atoms with Gasteiger partial charge in [0.2, 0.25) is 0 Å². The largest absolute Gasteiger partial charge is 0.462 e. The number of hydrogen-bond acceptors (Lipinski definition) is 11. The molecule has 1 saturated heterocycles. The topological polar surface area (TPSA) is 176 Å². The van der Waals surface area contributed by atoms with Gasteiger partial charge in [0.15, 0.2) is 6.29 Å². The van der Waals surface area contributed by atoms with Gasteiger partial charge in [0.05, 0.1) is 30.2 Å². The molecule has 1 aromatic rings. The monoisotopic (exact) mass is 606 g/mol. The average molecular weight is 607 g/mol. The molecule has 0 amide bonds. The van der Waals surface area contributed by atoms with Gasteiger partial charge in [-0.25, -0.2) is 4.79 Å². The van der Waals surface area contributed by atoms with Gasteiger partial charge in [-0.2, -0.15) is 0 Å². The van der Waals surface area contributed by atoms with E-state index in [-0.39, 0.29) is 35.7 Å². The fraction of sp³-hybridized carbons (Fsp3) is 0.812. The molecule has 0 unspecified atom stereocenters. The zero-order valence-electron chi connectivity index (χ0n) is 25.3. The fourth-order valence-corrected chi connectivity index (χ4v) is 10.2. The highest BCUT2D eigenvalue weighted by Gasteiger charge is 2.72. The molecule has 5 fully saturated rings. The lowest BCUT2D eigenvalue weighted by Crippen LogP contribution is -2.66. The Morgan fingerprint density at radius 2 is 1.77 bits per heavy atom. The van der Waals surface area contributed by atoms with E-state index in [0.717, 1.165) is 12.8 Å². The van der Waals surface area contributed by atoms with Gasteiger partial charge in [0.1, 0.15) is 24.4 Å². The lowest BCUT2D eigenvalue weighted by Gasteiger charge is -2.65. The average Bonchev–Trinajstić information content (AvgIpc) is 3.16. The molecule has 15 atom stereocenters. The number of carbonyl (C=O) groups is 1. The summed E-state index contributed by atoms with van der Waals surface area (Å²) in [5.74, 6) is -1.15. The van der Waals surface area contributed by atoms with Crippen molar-refractivity contribution in [2.24, 2.45) is 28.6 Å². The number of fused-ring (bicyclic) bond motifs is 5. The van der Waals surface area contributed by atoms with Gasteiger partial charge >= 0.3 is 11.6 Å². The smallest absolute Gasteiger partial charge is 0.335 e. The minimum Gasteiger partial charge on any atom is -0.462 e. The third-order valence-corrected chi connectivity index (χ3v) is 12.3. The summed E-state index contributed by atoms with van der Waals surface area (Å²) in [7, 11) is 0. The molecule has 5 aliphatic rings. The van der Waals surface area contributed by atoms with Crippen LogP contribution in [-0.4, -0.2) is 86.1 Å². The van der Waals surface area contributed by atoms with Gasteiger partial charge < -0.3 is 44.2 Å². The molecule has 6 rings (SSSR count). The van der Waals surface area contributed by atoms with Crippen molar-refractivity contribution >= 4 is 5.97 Å². The lowest BCUT2D eigenvalue weighted by atomic mass is 9.42. The van der Waals surface area contributed by atoms with Gasteiger partial charge in [-0.3, -0.25) is 4.79 Å². The Morgan fingerprint density at radius 1 is 1.02 bits per heavy atom. The van der Waals surface area contributed by atoms with Crippen LogP contribution in [0, 0.1) is 28.6 Å². The van der Waals surface area contributed by atoms with E-state index in [1.54, 1.807) is 13.0 Å². The van der Waals surface area contributed by atoms with E-state index in [0.29, 0.717) is 31.2 Å². The summed E-state index contributed by atoms with van der Waals surface area (Å²) in [5, 5.41) is 55.4. The minimum absolute atomic E-state index is 0.189. The Hall–Kier alpha value is -1.86. The highest BCUT2D eigenvalue weighted by atomic mass is 16.7. The van der Waals surface area contributed by atoms with Crippen LogP contribution >= 0.6 is 0 Å². The van der Waals surface area contributed by atoms with Gasteiger partial charge in [-0.15, -0.1) is 0 Å². The van der Waals surface area contributed by atoms with E-state index in [4.69, 9.17) is 18.6 Å². The van der Waals surface area contributed by atoms with Gasteiger partial charge in [0.25, 0.3) is 0 Å². The van der Waals surface area contributed by atoms with Crippen LogP contribution in [0.5, 0.6) is 0 Å². The molecule has 11 heteroatoms.